The summed E-state index contributed by atoms with van der Waals surface area (Å²) in [5.74, 6) is 0. The lowest BCUT2D eigenvalue weighted by Gasteiger charge is -2.36. The third-order valence-electron chi connectivity index (χ3n) is 4.92. The topological polar surface area (TPSA) is 56.0 Å². The highest BCUT2D eigenvalue weighted by molar-refractivity contribution is 5.93. The van der Waals surface area contributed by atoms with Gasteiger partial charge in [-0.05, 0) is 18.6 Å². The number of benzene rings is 2. The van der Waals surface area contributed by atoms with Crippen LogP contribution in [-0.4, -0.2) is 41.3 Å². The minimum absolute atomic E-state index is 0.413. The Morgan fingerprint density at radius 3 is 2.58 bits per heavy atom. The van der Waals surface area contributed by atoms with Crippen LogP contribution in [-0.2, 0) is 6.54 Å². The highest BCUT2D eigenvalue weighted by Crippen LogP contribution is 2.28. The molecule has 0 spiro atoms. The van der Waals surface area contributed by atoms with E-state index in [-0.39, 0.29) is 0 Å². The van der Waals surface area contributed by atoms with Crippen LogP contribution in [0.25, 0.3) is 10.9 Å². The Kier molecular flexibility index (Phi) is 4.51. The van der Waals surface area contributed by atoms with Crippen molar-refractivity contribution in [1.82, 2.24) is 15.1 Å². The molecule has 0 radical (unpaired) electrons. The normalized spacial score (nSPS) is 15.2. The van der Waals surface area contributed by atoms with Crippen molar-refractivity contribution in [2.75, 3.05) is 31.1 Å². The molecule has 3 aromatic rings. The molecule has 1 fully saturated rings. The molecule has 5 nitrogen and oxygen atoms in total. The molecule has 5 heteroatoms. The lowest BCUT2D eigenvalue weighted by Crippen LogP contribution is -2.46. The SMILES string of the molecule is Cc1cccc(CN2CCN(c3c(C#N)nnc4ccccc34)CC2)c1. The van der Waals surface area contributed by atoms with Crippen LogP contribution in [0.2, 0.25) is 0 Å². The van der Waals surface area contributed by atoms with Crippen LogP contribution >= 0.6 is 0 Å². The summed E-state index contributed by atoms with van der Waals surface area (Å²) in [5.41, 5.74) is 4.83. The van der Waals surface area contributed by atoms with Gasteiger partial charge < -0.3 is 4.90 Å². The first-order valence-corrected chi connectivity index (χ1v) is 8.93. The lowest BCUT2D eigenvalue weighted by molar-refractivity contribution is 0.250. The number of rotatable bonds is 3. The maximum absolute atomic E-state index is 9.49. The first-order chi connectivity index (χ1) is 12.7. The van der Waals surface area contributed by atoms with Crippen LogP contribution in [0.15, 0.2) is 48.5 Å². The number of piperazine rings is 1. The Morgan fingerprint density at radius 2 is 1.81 bits per heavy atom. The molecule has 0 N–H and O–H groups in total. The zero-order valence-corrected chi connectivity index (χ0v) is 14.9. The Labute approximate surface area is 153 Å². The Bertz CT molecular complexity index is 968. The van der Waals surface area contributed by atoms with Gasteiger partial charge in [0, 0.05) is 38.1 Å². The van der Waals surface area contributed by atoms with Gasteiger partial charge in [0.05, 0.1) is 11.2 Å². The summed E-state index contributed by atoms with van der Waals surface area (Å²) in [7, 11) is 0. The summed E-state index contributed by atoms with van der Waals surface area (Å²) >= 11 is 0. The quantitative estimate of drug-likeness (QED) is 0.731. The molecule has 2 aromatic carbocycles. The van der Waals surface area contributed by atoms with E-state index < -0.39 is 0 Å². The Morgan fingerprint density at radius 1 is 1.00 bits per heavy atom. The number of anilines is 1. The van der Waals surface area contributed by atoms with E-state index in [0.29, 0.717) is 5.69 Å². The van der Waals surface area contributed by atoms with Crippen molar-refractivity contribution in [3.8, 4) is 6.07 Å². The monoisotopic (exact) mass is 343 g/mol. The molecular weight excluding hydrogens is 322 g/mol. The molecule has 0 unspecified atom stereocenters. The van der Waals surface area contributed by atoms with Gasteiger partial charge in [-0.3, -0.25) is 4.90 Å². The molecule has 4 rings (SSSR count). The van der Waals surface area contributed by atoms with Gasteiger partial charge >= 0.3 is 0 Å². The van der Waals surface area contributed by atoms with Crippen LogP contribution < -0.4 is 4.90 Å². The van der Waals surface area contributed by atoms with Crippen LogP contribution in [0, 0.1) is 18.3 Å². The zero-order chi connectivity index (χ0) is 17.9. The fourth-order valence-corrected chi connectivity index (χ4v) is 3.63. The molecule has 0 amide bonds. The number of aromatic nitrogens is 2. The standard InChI is InChI=1S/C21H21N5/c1-16-5-4-6-17(13-16)15-25-9-11-26(12-10-25)21-18-7-2-3-8-19(18)23-24-20(21)14-22/h2-8,13H,9-12,15H2,1H3. The van der Waals surface area contributed by atoms with E-state index >= 15 is 0 Å². The largest absolute Gasteiger partial charge is 0.366 e. The number of nitrogens with zero attached hydrogens (tertiary/aromatic N) is 5. The van der Waals surface area contributed by atoms with Crippen molar-refractivity contribution >= 4 is 16.6 Å². The molecule has 130 valence electrons. The van der Waals surface area contributed by atoms with Gasteiger partial charge in [-0.1, -0.05) is 48.0 Å². The summed E-state index contributed by atoms with van der Waals surface area (Å²) < 4.78 is 0. The second-order valence-electron chi connectivity index (χ2n) is 6.78. The molecule has 0 bridgehead atoms. The van der Waals surface area contributed by atoms with E-state index in [4.69, 9.17) is 0 Å². The minimum atomic E-state index is 0.413. The molecular formula is C21H21N5. The zero-order valence-electron chi connectivity index (χ0n) is 14.9. The van der Waals surface area contributed by atoms with Crippen molar-refractivity contribution in [1.29, 1.82) is 5.26 Å². The van der Waals surface area contributed by atoms with Crippen molar-refractivity contribution in [3.63, 3.8) is 0 Å². The van der Waals surface area contributed by atoms with E-state index in [2.05, 4.69) is 57.3 Å². The third kappa shape index (κ3) is 3.24. The van der Waals surface area contributed by atoms with Gasteiger partial charge in [-0.25, -0.2) is 0 Å². The highest BCUT2D eigenvalue weighted by atomic mass is 15.3. The smallest absolute Gasteiger partial charge is 0.187 e. The van der Waals surface area contributed by atoms with Gasteiger partial charge in [-0.15, -0.1) is 10.2 Å². The summed E-state index contributed by atoms with van der Waals surface area (Å²) in [4.78, 5) is 4.75. The minimum Gasteiger partial charge on any atom is -0.366 e. The summed E-state index contributed by atoms with van der Waals surface area (Å²) in [6, 6.07) is 18.8. The molecule has 0 saturated carbocycles. The first kappa shape index (κ1) is 16.5. The lowest BCUT2D eigenvalue weighted by atomic mass is 10.1. The van der Waals surface area contributed by atoms with Crippen LogP contribution in [0.1, 0.15) is 16.8 Å². The maximum atomic E-state index is 9.49. The van der Waals surface area contributed by atoms with Crippen molar-refractivity contribution in [2.45, 2.75) is 13.5 Å². The first-order valence-electron chi connectivity index (χ1n) is 8.93. The molecule has 1 aliphatic heterocycles. The van der Waals surface area contributed by atoms with Gasteiger partial charge in [0.2, 0.25) is 0 Å². The fourth-order valence-electron chi connectivity index (χ4n) is 3.63. The number of hydrogen-bond donors (Lipinski definition) is 0. The second kappa shape index (κ2) is 7.11. The number of fused-ring (bicyclic) bond motifs is 1. The molecule has 1 aromatic heterocycles. The van der Waals surface area contributed by atoms with Gasteiger partial charge in [0.25, 0.3) is 0 Å². The van der Waals surface area contributed by atoms with E-state index in [1.807, 2.05) is 24.3 Å². The number of aryl methyl sites for hydroxylation is 1. The average Bonchev–Trinajstić information content (AvgIpc) is 2.68. The Hall–Kier alpha value is -2.97. The summed E-state index contributed by atoms with van der Waals surface area (Å²) in [6.07, 6.45) is 0. The predicted molar refractivity (Wildman–Crippen MR) is 103 cm³/mol. The molecule has 0 atom stereocenters. The fraction of sp³-hybridized carbons (Fsp3) is 0.286. The molecule has 1 saturated heterocycles. The average molecular weight is 343 g/mol. The summed E-state index contributed by atoms with van der Waals surface area (Å²) in [6.45, 7) is 6.81. The van der Waals surface area contributed by atoms with Gasteiger partial charge in [-0.2, -0.15) is 5.26 Å². The van der Waals surface area contributed by atoms with E-state index in [1.54, 1.807) is 0 Å². The number of nitriles is 1. The van der Waals surface area contributed by atoms with Crippen LogP contribution in [0.4, 0.5) is 5.69 Å². The Balaban J connectivity index is 1.53. The maximum Gasteiger partial charge on any atom is 0.187 e. The molecule has 0 aliphatic carbocycles. The number of hydrogen-bond acceptors (Lipinski definition) is 5. The molecule has 1 aliphatic rings. The molecule has 2 heterocycles. The highest BCUT2D eigenvalue weighted by Gasteiger charge is 2.22. The van der Waals surface area contributed by atoms with E-state index in [0.717, 1.165) is 49.3 Å². The molecule has 26 heavy (non-hydrogen) atoms. The van der Waals surface area contributed by atoms with Crippen LogP contribution in [0.5, 0.6) is 0 Å². The van der Waals surface area contributed by atoms with Gasteiger partial charge in [0.15, 0.2) is 5.69 Å². The van der Waals surface area contributed by atoms with Gasteiger partial charge in [0.1, 0.15) is 6.07 Å². The third-order valence-corrected chi connectivity index (χ3v) is 4.92. The van der Waals surface area contributed by atoms with E-state index in [1.165, 1.54) is 11.1 Å². The predicted octanol–water partition coefficient (Wildman–Crippen LogP) is 3.13. The van der Waals surface area contributed by atoms with Crippen LogP contribution in [0.3, 0.4) is 0 Å². The van der Waals surface area contributed by atoms with Crippen molar-refractivity contribution in [3.05, 3.63) is 65.4 Å². The summed E-state index contributed by atoms with van der Waals surface area (Å²) in [5, 5.41) is 18.8. The van der Waals surface area contributed by atoms with Crippen molar-refractivity contribution < 1.29 is 0 Å². The van der Waals surface area contributed by atoms with E-state index in [9.17, 15) is 5.26 Å². The second-order valence-corrected chi connectivity index (χ2v) is 6.78. The van der Waals surface area contributed by atoms with Crippen molar-refractivity contribution in [2.24, 2.45) is 0 Å².